The summed E-state index contributed by atoms with van der Waals surface area (Å²) in [5.41, 5.74) is 0. The van der Waals surface area contributed by atoms with Crippen molar-refractivity contribution < 1.29 is 19.4 Å². The van der Waals surface area contributed by atoms with Gasteiger partial charge in [-0.05, 0) is 37.5 Å². The first-order valence-electron chi connectivity index (χ1n) is 8.46. The first-order chi connectivity index (χ1) is 11.9. The van der Waals surface area contributed by atoms with E-state index in [1.807, 2.05) is 0 Å². The van der Waals surface area contributed by atoms with E-state index in [4.69, 9.17) is 27.9 Å². The minimum absolute atomic E-state index is 0.0519. The third-order valence-corrected chi connectivity index (χ3v) is 5.15. The predicted molar refractivity (Wildman–Crippen MR) is 97.3 cm³/mol. The zero-order valence-corrected chi connectivity index (χ0v) is 15.7. The zero-order valence-electron chi connectivity index (χ0n) is 14.2. The molecule has 1 fully saturated rings. The van der Waals surface area contributed by atoms with Gasteiger partial charge in [0.15, 0.2) is 0 Å². The maximum absolute atomic E-state index is 12.4. The quantitative estimate of drug-likeness (QED) is 0.709. The maximum atomic E-state index is 12.4. The Bertz CT molecular complexity index is 623. The molecule has 0 radical (unpaired) electrons. The Hall–Kier alpha value is -1.46. The van der Waals surface area contributed by atoms with Gasteiger partial charge in [0.1, 0.15) is 5.75 Å². The molecule has 138 valence electrons. The lowest BCUT2D eigenvalue weighted by molar-refractivity contribution is -0.147. The monoisotopic (exact) mass is 387 g/mol. The average molecular weight is 388 g/mol. The fourth-order valence-electron chi connectivity index (χ4n) is 3.22. The highest BCUT2D eigenvalue weighted by atomic mass is 35.5. The molecule has 1 aliphatic carbocycles. The number of hydrogen-bond donors (Lipinski definition) is 1. The molecule has 0 aliphatic heterocycles. The lowest BCUT2D eigenvalue weighted by atomic mass is 9.83. The first kappa shape index (κ1) is 19.9. The summed E-state index contributed by atoms with van der Waals surface area (Å²) in [4.78, 5) is 25.4. The van der Waals surface area contributed by atoms with Gasteiger partial charge in [0.2, 0.25) is 5.91 Å². The molecule has 7 heteroatoms. The van der Waals surface area contributed by atoms with Crippen LogP contribution in [-0.2, 0) is 9.59 Å². The van der Waals surface area contributed by atoms with Crippen molar-refractivity contribution in [3.8, 4) is 5.75 Å². The molecule has 25 heavy (non-hydrogen) atoms. The number of carbonyl (C=O) groups excluding carboxylic acids is 1. The SMILES string of the molecule is CN(C(=O)CCCOc1ccc(Cl)cc1Cl)[C@H]1CCCC[C@@H]1C(=O)O. The van der Waals surface area contributed by atoms with E-state index in [1.165, 1.54) is 0 Å². The van der Waals surface area contributed by atoms with Crippen molar-refractivity contribution >= 4 is 35.1 Å². The van der Waals surface area contributed by atoms with Crippen LogP contribution in [0.2, 0.25) is 10.0 Å². The third-order valence-electron chi connectivity index (χ3n) is 4.62. The second-order valence-corrected chi connectivity index (χ2v) is 7.17. The second-order valence-electron chi connectivity index (χ2n) is 6.33. The molecule has 1 amide bonds. The van der Waals surface area contributed by atoms with Crippen molar-refractivity contribution in [1.29, 1.82) is 0 Å². The smallest absolute Gasteiger partial charge is 0.308 e. The molecule has 1 aromatic rings. The summed E-state index contributed by atoms with van der Waals surface area (Å²) >= 11 is 11.9. The molecule has 1 aliphatic rings. The zero-order chi connectivity index (χ0) is 18.4. The number of benzene rings is 1. The summed E-state index contributed by atoms with van der Waals surface area (Å²) in [5.74, 6) is -0.800. The van der Waals surface area contributed by atoms with E-state index in [1.54, 1.807) is 30.1 Å². The van der Waals surface area contributed by atoms with Crippen LogP contribution in [0, 0.1) is 5.92 Å². The Morgan fingerprint density at radius 3 is 2.68 bits per heavy atom. The molecule has 0 spiro atoms. The van der Waals surface area contributed by atoms with Gasteiger partial charge in [0, 0.05) is 24.5 Å². The third kappa shape index (κ3) is 5.51. The standard InChI is InChI=1S/C18H23Cl2NO4/c1-21(15-6-3-2-5-13(15)18(23)24)17(22)7-4-10-25-16-9-8-12(19)11-14(16)20/h8-9,11,13,15H,2-7,10H2,1H3,(H,23,24)/t13-,15-/m0/s1. The van der Waals surface area contributed by atoms with Gasteiger partial charge in [-0.2, -0.15) is 0 Å². The van der Waals surface area contributed by atoms with Gasteiger partial charge in [0.25, 0.3) is 0 Å². The molecule has 5 nitrogen and oxygen atoms in total. The summed E-state index contributed by atoms with van der Waals surface area (Å²) in [7, 11) is 1.70. The Morgan fingerprint density at radius 2 is 2.00 bits per heavy atom. The fourth-order valence-corrected chi connectivity index (χ4v) is 3.69. The number of rotatable bonds is 7. The highest BCUT2D eigenvalue weighted by Gasteiger charge is 2.35. The Kier molecular flexibility index (Phi) is 7.38. The van der Waals surface area contributed by atoms with E-state index in [9.17, 15) is 14.7 Å². The van der Waals surface area contributed by atoms with E-state index in [0.29, 0.717) is 41.7 Å². The van der Waals surface area contributed by atoms with Gasteiger partial charge in [-0.1, -0.05) is 36.0 Å². The van der Waals surface area contributed by atoms with Crippen LogP contribution in [0.4, 0.5) is 0 Å². The maximum Gasteiger partial charge on any atom is 0.308 e. The van der Waals surface area contributed by atoms with Crippen LogP contribution in [-0.4, -0.2) is 41.6 Å². The molecule has 0 unspecified atom stereocenters. The molecule has 0 bridgehead atoms. The number of carboxylic acids is 1. The summed E-state index contributed by atoms with van der Waals surface area (Å²) in [5, 5.41) is 10.3. The Labute approximate surface area is 157 Å². The summed E-state index contributed by atoms with van der Waals surface area (Å²) in [6.07, 6.45) is 4.10. The van der Waals surface area contributed by atoms with Crippen LogP contribution in [0.5, 0.6) is 5.75 Å². The van der Waals surface area contributed by atoms with Crippen LogP contribution in [0.1, 0.15) is 38.5 Å². The van der Waals surface area contributed by atoms with Gasteiger partial charge in [-0.25, -0.2) is 0 Å². The molecule has 2 atom stereocenters. The van der Waals surface area contributed by atoms with E-state index in [-0.39, 0.29) is 11.9 Å². The molecule has 2 rings (SSSR count). The number of nitrogens with zero attached hydrogens (tertiary/aromatic N) is 1. The lowest BCUT2D eigenvalue weighted by Crippen LogP contribution is -2.46. The number of carboxylic acid groups (broad SMARTS) is 1. The lowest BCUT2D eigenvalue weighted by Gasteiger charge is -2.35. The minimum atomic E-state index is -0.815. The highest BCUT2D eigenvalue weighted by molar-refractivity contribution is 6.35. The number of aliphatic carboxylic acids is 1. The minimum Gasteiger partial charge on any atom is -0.492 e. The summed E-state index contributed by atoms with van der Waals surface area (Å²) in [6, 6.07) is 4.77. The summed E-state index contributed by atoms with van der Waals surface area (Å²) < 4.78 is 5.57. The average Bonchev–Trinajstić information content (AvgIpc) is 2.59. The Morgan fingerprint density at radius 1 is 1.28 bits per heavy atom. The number of halogens is 2. The normalized spacial score (nSPS) is 20.1. The van der Waals surface area contributed by atoms with Crippen molar-refractivity contribution in [3.63, 3.8) is 0 Å². The number of hydrogen-bond acceptors (Lipinski definition) is 3. The van der Waals surface area contributed by atoms with Crippen LogP contribution in [0.25, 0.3) is 0 Å². The highest BCUT2D eigenvalue weighted by Crippen LogP contribution is 2.29. The van der Waals surface area contributed by atoms with Crippen LogP contribution >= 0.6 is 23.2 Å². The van der Waals surface area contributed by atoms with Crippen molar-refractivity contribution in [3.05, 3.63) is 28.2 Å². The van der Waals surface area contributed by atoms with Gasteiger partial charge >= 0.3 is 5.97 Å². The van der Waals surface area contributed by atoms with Gasteiger partial charge in [-0.15, -0.1) is 0 Å². The molecule has 0 heterocycles. The van der Waals surface area contributed by atoms with Crippen molar-refractivity contribution in [1.82, 2.24) is 4.90 Å². The van der Waals surface area contributed by atoms with E-state index >= 15 is 0 Å². The summed E-state index contributed by atoms with van der Waals surface area (Å²) in [6.45, 7) is 0.355. The van der Waals surface area contributed by atoms with Crippen molar-refractivity contribution in [2.75, 3.05) is 13.7 Å². The van der Waals surface area contributed by atoms with Crippen molar-refractivity contribution in [2.24, 2.45) is 5.92 Å². The number of amides is 1. The second kappa shape index (κ2) is 9.30. The van der Waals surface area contributed by atoms with E-state index in [0.717, 1.165) is 19.3 Å². The predicted octanol–water partition coefficient (Wildman–Crippen LogP) is 4.25. The molecular formula is C18H23Cl2NO4. The molecule has 0 aromatic heterocycles. The topological polar surface area (TPSA) is 66.8 Å². The largest absolute Gasteiger partial charge is 0.492 e. The first-order valence-corrected chi connectivity index (χ1v) is 9.22. The van der Waals surface area contributed by atoms with Crippen molar-refractivity contribution in [2.45, 2.75) is 44.6 Å². The van der Waals surface area contributed by atoms with E-state index < -0.39 is 11.9 Å². The molecular weight excluding hydrogens is 365 g/mol. The molecule has 1 aromatic carbocycles. The molecule has 1 N–H and O–H groups in total. The molecule has 0 saturated heterocycles. The molecule has 1 saturated carbocycles. The van der Waals surface area contributed by atoms with Crippen LogP contribution in [0.3, 0.4) is 0 Å². The number of ether oxygens (including phenoxy) is 1. The van der Waals surface area contributed by atoms with Gasteiger partial charge in [-0.3, -0.25) is 9.59 Å². The van der Waals surface area contributed by atoms with Crippen LogP contribution in [0.15, 0.2) is 18.2 Å². The van der Waals surface area contributed by atoms with Gasteiger partial charge < -0.3 is 14.7 Å². The Balaban J connectivity index is 1.80. The number of carbonyl (C=O) groups is 2. The van der Waals surface area contributed by atoms with Crippen LogP contribution < -0.4 is 4.74 Å². The van der Waals surface area contributed by atoms with E-state index in [2.05, 4.69) is 0 Å². The fraction of sp³-hybridized carbons (Fsp3) is 0.556. The van der Waals surface area contributed by atoms with Gasteiger partial charge in [0.05, 0.1) is 17.5 Å².